The van der Waals surface area contributed by atoms with Crippen LogP contribution in [0.5, 0.6) is 0 Å². The first-order chi connectivity index (χ1) is 16.1. The SMILES string of the molecule is CC.CCC(C)(CC(C=C(C)C)N1CCC(c2ccccc2)CC1)c1ccc(C(C)(F)F)cc1. The number of benzene rings is 2. The van der Waals surface area contributed by atoms with Crippen molar-refractivity contribution in [2.24, 2.45) is 0 Å². The predicted octanol–water partition coefficient (Wildman–Crippen LogP) is 9.10. The second-order valence-corrected chi connectivity index (χ2v) is 10.1. The van der Waals surface area contributed by atoms with E-state index < -0.39 is 5.92 Å². The highest BCUT2D eigenvalue weighted by molar-refractivity contribution is 5.31. The molecule has 2 aromatic rings. The second-order valence-electron chi connectivity index (χ2n) is 10.1. The van der Waals surface area contributed by atoms with Gasteiger partial charge in [0.15, 0.2) is 0 Å². The molecule has 1 nitrogen and oxygen atoms in total. The Kier molecular flexibility index (Phi) is 10.5. The first-order valence-corrected chi connectivity index (χ1v) is 13.1. The van der Waals surface area contributed by atoms with E-state index >= 15 is 0 Å². The molecule has 1 fully saturated rings. The minimum absolute atomic E-state index is 0.0611. The second kappa shape index (κ2) is 12.6. The summed E-state index contributed by atoms with van der Waals surface area (Å²) in [5.74, 6) is -2.16. The Morgan fingerprint density at radius 2 is 1.47 bits per heavy atom. The summed E-state index contributed by atoms with van der Waals surface area (Å²) in [7, 11) is 0. The zero-order valence-corrected chi connectivity index (χ0v) is 22.4. The highest BCUT2D eigenvalue weighted by Crippen LogP contribution is 2.38. The first kappa shape index (κ1) is 28.2. The van der Waals surface area contributed by atoms with Gasteiger partial charge in [0.2, 0.25) is 0 Å². The summed E-state index contributed by atoms with van der Waals surface area (Å²) in [5, 5.41) is 0. The van der Waals surface area contributed by atoms with Crippen molar-refractivity contribution in [3.63, 3.8) is 0 Å². The van der Waals surface area contributed by atoms with E-state index in [2.05, 4.69) is 69.0 Å². The molecule has 34 heavy (non-hydrogen) atoms. The van der Waals surface area contributed by atoms with Gasteiger partial charge >= 0.3 is 0 Å². The highest BCUT2D eigenvalue weighted by Gasteiger charge is 2.33. The summed E-state index contributed by atoms with van der Waals surface area (Å²) in [5.41, 5.74) is 3.97. The molecule has 1 saturated heterocycles. The minimum atomic E-state index is -2.80. The van der Waals surface area contributed by atoms with Crippen molar-refractivity contribution in [2.75, 3.05) is 13.1 Å². The van der Waals surface area contributed by atoms with E-state index in [0.29, 0.717) is 12.0 Å². The maximum atomic E-state index is 13.7. The molecule has 3 heteroatoms. The predicted molar refractivity (Wildman–Crippen MR) is 143 cm³/mol. The molecule has 0 amide bonds. The average molecular weight is 470 g/mol. The van der Waals surface area contributed by atoms with Crippen molar-refractivity contribution in [3.05, 3.63) is 82.9 Å². The Balaban J connectivity index is 0.00000199. The van der Waals surface area contributed by atoms with Gasteiger partial charge in [0.05, 0.1) is 0 Å². The smallest absolute Gasteiger partial charge is 0.270 e. The number of hydrogen-bond donors (Lipinski definition) is 0. The molecule has 2 aromatic carbocycles. The molecule has 3 rings (SSSR count). The summed E-state index contributed by atoms with van der Waals surface area (Å²) in [6, 6.07) is 18.3. The van der Waals surface area contributed by atoms with Gasteiger partial charge in [-0.1, -0.05) is 93.9 Å². The third-order valence-corrected chi connectivity index (χ3v) is 7.32. The van der Waals surface area contributed by atoms with Crippen LogP contribution in [0.1, 0.15) is 96.8 Å². The lowest BCUT2D eigenvalue weighted by Crippen LogP contribution is -2.43. The standard InChI is InChI=1S/C29H39F2N.C2H6/c1-6-28(4,25-12-14-26(15-13-25)29(5,30)31)21-27(20-22(2)3)32-18-16-24(17-19-32)23-10-8-7-9-11-23;1-2/h7-15,20,24,27H,6,16-19,21H2,1-5H3;1-2H3. The number of halogens is 2. The zero-order chi connectivity index (χ0) is 25.4. The van der Waals surface area contributed by atoms with Crippen LogP contribution in [-0.2, 0) is 11.3 Å². The molecule has 188 valence electrons. The van der Waals surface area contributed by atoms with Crippen LogP contribution in [0.15, 0.2) is 66.2 Å². The number of piperidine rings is 1. The van der Waals surface area contributed by atoms with Gasteiger partial charge in [-0.15, -0.1) is 0 Å². The molecule has 0 spiro atoms. The summed E-state index contributed by atoms with van der Waals surface area (Å²) in [4.78, 5) is 2.63. The molecule has 1 aliphatic heterocycles. The van der Waals surface area contributed by atoms with Gasteiger partial charge in [-0.05, 0) is 75.1 Å². The van der Waals surface area contributed by atoms with E-state index in [1.54, 1.807) is 12.1 Å². The molecule has 0 N–H and O–H groups in total. The van der Waals surface area contributed by atoms with Crippen LogP contribution in [-0.4, -0.2) is 24.0 Å². The Bertz CT molecular complexity index is 870. The Morgan fingerprint density at radius 1 is 0.941 bits per heavy atom. The molecule has 2 unspecified atom stereocenters. The fourth-order valence-electron chi connectivity index (χ4n) is 5.06. The molecule has 0 aliphatic carbocycles. The van der Waals surface area contributed by atoms with Gasteiger partial charge in [-0.25, -0.2) is 8.78 Å². The van der Waals surface area contributed by atoms with Crippen molar-refractivity contribution < 1.29 is 8.78 Å². The van der Waals surface area contributed by atoms with Crippen molar-refractivity contribution in [1.82, 2.24) is 4.90 Å². The molecule has 0 aromatic heterocycles. The van der Waals surface area contributed by atoms with E-state index in [9.17, 15) is 8.78 Å². The van der Waals surface area contributed by atoms with Crippen LogP contribution in [0.25, 0.3) is 0 Å². The topological polar surface area (TPSA) is 3.24 Å². The van der Waals surface area contributed by atoms with Gasteiger partial charge in [0.1, 0.15) is 0 Å². The van der Waals surface area contributed by atoms with Crippen molar-refractivity contribution in [1.29, 1.82) is 0 Å². The third kappa shape index (κ3) is 7.50. The molecule has 0 radical (unpaired) electrons. The first-order valence-electron chi connectivity index (χ1n) is 13.1. The van der Waals surface area contributed by atoms with Gasteiger partial charge in [-0.3, -0.25) is 4.90 Å². The molecular weight excluding hydrogens is 424 g/mol. The highest BCUT2D eigenvalue weighted by atomic mass is 19.3. The van der Waals surface area contributed by atoms with Crippen molar-refractivity contribution in [2.45, 2.75) is 97.4 Å². The lowest BCUT2D eigenvalue weighted by Gasteiger charge is -2.41. The fraction of sp³-hybridized carbons (Fsp3) is 0.548. The molecule has 0 bridgehead atoms. The van der Waals surface area contributed by atoms with Crippen LogP contribution in [0.4, 0.5) is 8.78 Å². The summed E-state index contributed by atoms with van der Waals surface area (Å²) >= 11 is 0. The van der Waals surface area contributed by atoms with E-state index in [-0.39, 0.29) is 11.0 Å². The van der Waals surface area contributed by atoms with Crippen LogP contribution in [0, 0.1) is 0 Å². The molecule has 1 heterocycles. The van der Waals surface area contributed by atoms with Gasteiger partial charge in [-0.2, -0.15) is 0 Å². The lowest BCUT2D eigenvalue weighted by atomic mass is 9.74. The largest absolute Gasteiger partial charge is 0.297 e. The fourth-order valence-corrected chi connectivity index (χ4v) is 5.06. The molecule has 0 saturated carbocycles. The Hall–Kier alpha value is -2.00. The van der Waals surface area contributed by atoms with Crippen LogP contribution in [0.2, 0.25) is 0 Å². The van der Waals surface area contributed by atoms with Gasteiger partial charge < -0.3 is 0 Å². The monoisotopic (exact) mass is 469 g/mol. The third-order valence-electron chi connectivity index (χ3n) is 7.32. The number of allylic oxidation sites excluding steroid dienone is 1. The minimum Gasteiger partial charge on any atom is -0.297 e. The van der Waals surface area contributed by atoms with Gasteiger partial charge in [0, 0.05) is 18.5 Å². The van der Waals surface area contributed by atoms with Crippen LogP contribution < -0.4 is 0 Å². The number of hydrogen-bond acceptors (Lipinski definition) is 1. The lowest BCUT2D eigenvalue weighted by molar-refractivity contribution is 0.0174. The number of likely N-dealkylation sites (tertiary alicyclic amines) is 1. The van der Waals surface area contributed by atoms with Crippen molar-refractivity contribution >= 4 is 0 Å². The number of rotatable bonds is 8. The average Bonchev–Trinajstić information content (AvgIpc) is 2.85. The summed E-state index contributed by atoms with van der Waals surface area (Å²) in [6.45, 7) is 16.0. The maximum absolute atomic E-state index is 13.7. The van der Waals surface area contributed by atoms with Crippen molar-refractivity contribution in [3.8, 4) is 0 Å². The molecule has 1 aliphatic rings. The number of nitrogens with zero attached hydrogens (tertiary/aromatic N) is 1. The number of alkyl halides is 2. The zero-order valence-electron chi connectivity index (χ0n) is 22.4. The molecular formula is C31H45F2N. The summed E-state index contributed by atoms with van der Waals surface area (Å²) < 4.78 is 27.4. The van der Waals surface area contributed by atoms with E-state index in [4.69, 9.17) is 0 Å². The molecule has 2 atom stereocenters. The van der Waals surface area contributed by atoms with E-state index in [1.807, 2.05) is 26.0 Å². The van der Waals surface area contributed by atoms with E-state index in [0.717, 1.165) is 38.4 Å². The van der Waals surface area contributed by atoms with E-state index in [1.165, 1.54) is 24.0 Å². The van der Waals surface area contributed by atoms with Crippen LogP contribution in [0.3, 0.4) is 0 Å². The quantitative estimate of drug-likeness (QED) is 0.348. The Labute approximate surface area is 207 Å². The normalized spacial score (nSPS) is 17.8. The van der Waals surface area contributed by atoms with Crippen LogP contribution >= 0.6 is 0 Å². The maximum Gasteiger partial charge on any atom is 0.270 e. The van der Waals surface area contributed by atoms with Gasteiger partial charge in [0.25, 0.3) is 5.92 Å². The Morgan fingerprint density at radius 3 is 1.94 bits per heavy atom. The summed E-state index contributed by atoms with van der Waals surface area (Å²) in [6.07, 6.45) is 6.74.